The number of hydrogen-bond acceptors (Lipinski definition) is 0. The normalized spacial score (nSPS) is 23.1. The van der Waals surface area contributed by atoms with Crippen LogP contribution >= 0.6 is 0 Å². The molecule has 0 heterocycles. The van der Waals surface area contributed by atoms with E-state index >= 15 is 0 Å². The Morgan fingerprint density at radius 1 is 0.673 bits per heavy atom. The van der Waals surface area contributed by atoms with Crippen LogP contribution in [0.15, 0.2) is 109 Å². The van der Waals surface area contributed by atoms with Gasteiger partial charge in [0.1, 0.15) is 0 Å². The van der Waals surface area contributed by atoms with Gasteiger partial charge in [0.15, 0.2) is 0 Å². The maximum absolute atomic E-state index is 3.53. The van der Waals surface area contributed by atoms with Crippen LogP contribution in [0.3, 0.4) is 0 Å². The fourth-order valence-electron chi connectivity index (χ4n) is 9.59. The molecule has 0 amide bonds. The summed E-state index contributed by atoms with van der Waals surface area (Å²) in [4.78, 5) is 0. The Kier molecular flexibility index (Phi) is 13.0. The molecular weight excluding hydrogens is 751 g/mol. The number of rotatable bonds is 3. The van der Waals surface area contributed by atoms with Crippen molar-refractivity contribution in [2.75, 3.05) is 0 Å². The second kappa shape index (κ2) is 16.6. The molecule has 6 aliphatic carbocycles. The van der Waals surface area contributed by atoms with Gasteiger partial charge >= 0.3 is 99.2 Å². The molecule has 4 aromatic rings. The third-order valence-corrected chi connectivity index (χ3v) is 13.4. The van der Waals surface area contributed by atoms with Crippen LogP contribution in [-0.4, -0.2) is 3.21 Å². The van der Waals surface area contributed by atoms with Crippen LogP contribution in [0.4, 0.5) is 0 Å². The van der Waals surface area contributed by atoms with Gasteiger partial charge < -0.3 is 24.8 Å². The van der Waals surface area contributed by atoms with Crippen molar-refractivity contribution in [1.82, 2.24) is 0 Å². The standard InChI is InChI=1S/C21H25.C15H19.C13H10.2ClH.Zr/c1-20(2,3)16-9-7-14-11-15-8-10-17(21(4,5)6)13-19(15)18(14)12-16;1-2-4-14(3-1)15-8-11-5-12(9-15)7-13(6-11)10-15;1-3-7-12(8-4-1)11-13-9-5-2-6-10-13;;;/h7,9-10,12-13H,11H2,1-6H3;3-4,11-13H,1,5-10H2;1-10H;2*1H;/q2*-1;;;;+2/p-2. The molecule has 0 spiro atoms. The van der Waals surface area contributed by atoms with Gasteiger partial charge in [-0.3, -0.25) is 6.08 Å². The predicted octanol–water partition coefficient (Wildman–Crippen LogP) is 6.36. The molecule has 0 saturated heterocycles. The molecular formula is C49H54Cl2Zr-2. The molecule has 0 radical (unpaired) electrons. The molecule has 4 fully saturated rings. The van der Waals surface area contributed by atoms with E-state index in [0.717, 1.165) is 30.6 Å². The minimum absolute atomic E-state index is 0. The zero-order valence-electron chi connectivity index (χ0n) is 32.0. The second-order valence-corrected chi connectivity index (χ2v) is 19.1. The molecule has 270 valence electrons. The van der Waals surface area contributed by atoms with E-state index in [2.05, 4.69) is 157 Å². The summed E-state index contributed by atoms with van der Waals surface area (Å²) in [6, 6.07) is 36.2. The van der Waals surface area contributed by atoms with Gasteiger partial charge in [0.2, 0.25) is 0 Å². The first kappa shape index (κ1) is 40.9. The van der Waals surface area contributed by atoms with Gasteiger partial charge in [0, 0.05) is 0 Å². The van der Waals surface area contributed by atoms with Crippen molar-refractivity contribution >= 4 is 3.21 Å². The molecule has 52 heavy (non-hydrogen) atoms. The molecule has 4 saturated carbocycles. The molecule has 0 aromatic heterocycles. The summed E-state index contributed by atoms with van der Waals surface area (Å²) >= 11 is 1.46. The van der Waals surface area contributed by atoms with E-state index in [4.69, 9.17) is 0 Å². The van der Waals surface area contributed by atoms with E-state index in [1.807, 2.05) is 0 Å². The Balaban J connectivity index is 0.000000151. The van der Waals surface area contributed by atoms with E-state index in [9.17, 15) is 0 Å². The Bertz CT molecular complexity index is 1760. The van der Waals surface area contributed by atoms with Crippen LogP contribution in [0.1, 0.15) is 120 Å². The molecule has 3 heteroatoms. The molecule has 0 atom stereocenters. The topological polar surface area (TPSA) is 0 Å². The monoisotopic (exact) mass is 802 g/mol. The molecule has 4 bridgehead atoms. The third-order valence-electron chi connectivity index (χ3n) is 12.0. The van der Waals surface area contributed by atoms with Crippen molar-refractivity contribution < 1.29 is 49.0 Å². The Morgan fingerprint density at radius 3 is 1.67 bits per heavy atom. The number of benzene rings is 4. The fraction of sp³-hybridized carbons (Fsp3) is 0.408. The Hall–Kier alpha value is -2.31. The van der Waals surface area contributed by atoms with Crippen LogP contribution in [0, 0.1) is 35.3 Å². The number of halogens is 2. The maximum atomic E-state index is 3.53. The summed E-state index contributed by atoms with van der Waals surface area (Å²) in [6.07, 6.45) is 19.4. The summed E-state index contributed by atoms with van der Waals surface area (Å²) in [5, 5.41) is 0. The quantitative estimate of drug-likeness (QED) is 0.187. The van der Waals surface area contributed by atoms with Gasteiger partial charge in [-0.05, 0) is 54.4 Å². The van der Waals surface area contributed by atoms with Crippen LogP contribution < -0.4 is 24.8 Å². The van der Waals surface area contributed by atoms with Gasteiger partial charge in [0.25, 0.3) is 0 Å². The Labute approximate surface area is 342 Å². The summed E-state index contributed by atoms with van der Waals surface area (Å²) in [6.45, 7) is 13.6. The first-order valence-electron chi connectivity index (χ1n) is 19.0. The average molecular weight is 805 g/mol. The predicted molar refractivity (Wildman–Crippen MR) is 208 cm³/mol. The van der Waals surface area contributed by atoms with Crippen molar-refractivity contribution in [2.45, 2.75) is 104 Å². The zero-order valence-corrected chi connectivity index (χ0v) is 35.9. The van der Waals surface area contributed by atoms with E-state index in [-0.39, 0.29) is 35.6 Å². The summed E-state index contributed by atoms with van der Waals surface area (Å²) in [5.41, 5.74) is 13.7. The summed E-state index contributed by atoms with van der Waals surface area (Å²) < 4.78 is 1.42. The fourth-order valence-corrected chi connectivity index (χ4v) is 10.4. The molecule has 0 unspecified atom stereocenters. The summed E-state index contributed by atoms with van der Waals surface area (Å²) in [7, 11) is 0. The molecule has 0 N–H and O–H groups in total. The van der Waals surface area contributed by atoms with Crippen LogP contribution in [0.5, 0.6) is 0 Å². The van der Waals surface area contributed by atoms with Crippen molar-refractivity contribution in [3.05, 3.63) is 154 Å². The number of fused-ring (bicyclic) bond motifs is 3. The molecule has 0 nitrogen and oxygen atoms in total. The third kappa shape index (κ3) is 8.97. The van der Waals surface area contributed by atoms with Gasteiger partial charge in [-0.25, -0.2) is 6.08 Å². The number of allylic oxidation sites excluding steroid dienone is 4. The Morgan fingerprint density at radius 2 is 1.19 bits per heavy atom. The molecule has 10 rings (SSSR count). The van der Waals surface area contributed by atoms with E-state index in [1.165, 1.54) is 91.2 Å². The first-order valence-corrected chi connectivity index (χ1v) is 20.3. The van der Waals surface area contributed by atoms with Crippen molar-refractivity contribution in [3.8, 4) is 11.1 Å². The van der Waals surface area contributed by atoms with E-state index in [0.29, 0.717) is 5.41 Å². The molecule has 4 aromatic carbocycles. The van der Waals surface area contributed by atoms with Gasteiger partial charge in [-0.2, -0.15) is 41.0 Å². The van der Waals surface area contributed by atoms with Crippen LogP contribution in [0.2, 0.25) is 0 Å². The summed E-state index contributed by atoms with van der Waals surface area (Å²) in [5.74, 6) is 3.23. The first-order chi connectivity index (χ1) is 23.9. The minimum atomic E-state index is 0. The zero-order chi connectivity index (χ0) is 35.1. The van der Waals surface area contributed by atoms with Gasteiger partial charge in [-0.1, -0.05) is 101 Å². The van der Waals surface area contributed by atoms with Crippen molar-refractivity contribution in [3.63, 3.8) is 0 Å². The number of hydrogen-bond donors (Lipinski definition) is 0. The SMILES string of the molecule is CC(C)(C)c1c[c-]c2c(c1)-c1cc(C(C)(C)C)ccc1C2.[C-]1=CC(C23CC4CC(CC(C4)C2)C3)=CC1.[Cl-].[Cl-].[Zr+2]=[C](c1ccccc1)c1ccccc1. The van der Waals surface area contributed by atoms with Crippen LogP contribution in [-0.2, 0) is 41.5 Å². The van der Waals surface area contributed by atoms with Gasteiger partial charge in [-0.15, -0.1) is 12.0 Å². The van der Waals surface area contributed by atoms with Crippen LogP contribution in [0.25, 0.3) is 11.1 Å². The molecule has 6 aliphatic rings. The average Bonchev–Trinajstić information content (AvgIpc) is 3.77. The van der Waals surface area contributed by atoms with Crippen molar-refractivity contribution in [1.29, 1.82) is 0 Å². The van der Waals surface area contributed by atoms with E-state index < -0.39 is 0 Å². The molecule has 0 aliphatic heterocycles. The van der Waals surface area contributed by atoms with E-state index in [1.54, 1.807) is 24.8 Å². The second-order valence-electron chi connectivity index (χ2n) is 17.8. The van der Waals surface area contributed by atoms with Gasteiger partial charge in [0.05, 0.1) is 0 Å². The van der Waals surface area contributed by atoms with Crippen molar-refractivity contribution in [2.24, 2.45) is 23.2 Å².